The van der Waals surface area contributed by atoms with E-state index in [-0.39, 0.29) is 24.1 Å². The molecule has 1 saturated heterocycles. The van der Waals surface area contributed by atoms with Crippen LogP contribution in [0.3, 0.4) is 0 Å². The SMILES string of the molecule is COC(=O)c1ccc(C(=O)N2CCC[C@@H](S(=O)(=O)CC(C)C)C2)cc1. The van der Waals surface area contributed by atoms with Gasteiger partial charge in [-0.2, -0.15) is 0 Å². The fourth-order valence-electron chi connectivity index (χ4n) is 3.07. The molecule has 0 unspecified atom stereocenters. The van der Waals surface area contributed by atoms with Crippen molar-refractivity contribution in [2.24, 2.45) is 5.92 Å². The Morgan fingerprint density at radius 2 is 1.80 bits per heavy atom. The molecule has 1 aliphatic heterocycles. The fraction of sp³-hybridized carbons (Fsp3) is 0.556. The van der Waals surface area contributed by atoms with Gasteiger partial charge in [0.15, 0.2) is 9.84 Å². The second-order valence-corrected chi connectivity index (χ2v) is 9.13. The Morgan fingerprint density at radius 3 is 2.36 bits per heavy atom. The number of ether oxygens (including phenoxy) is 1. The molecular formula is C18H25NO5S. The van der Waals surface area contributed by atoms with E-state index >= 15 is 0 Å². The first-order chi connectivity index (χ1) is 11.7. The number of carbonyl (C=O) groups is 2. The molecule has 0 aromatic heterocycles. The number of hydrogen-bond acceptors (Lipinski definition) is 5. The van der Waals surface area contributed by atoms with Crippen molar-refractivity contribution in [1.82, 2.24) is 4.90 Å². The Balaban J connectivity index is 2.10. The molecule has 25 heavy (non-hydrogen) atoms. The number of rotatable bonds is 5. The van der Waals surface area contributed by atoms with Crippen LogP contribution in [0.2, 0.25) is 0 Å². The van der Waals surface area contributed by atoms with E-state index in [1.807, 2.05) is 13.8 Å². The van der Waals surface area contributed by atoms with Crippen molar-refractivity contribution >= 4 is 21.7 Å². The summed E-state index contributed by atoms with van der Waals surface area (Å²) in [5.41, 5.74) is 0.810. The van der Waals surface area contributed by atoms with Gasteiger partial charge in [0.05, 0.1) is 23.7 Å². The van der Waals surface area contributed by atoms with Crippen molar-refractivity contribution in [2.75, 3.05) is 26.0 Å². The standard InChI is InChI=1S/C18H25NO5S/c1-13(2)12-25(22,23)16-5-4-10-19(11-16)17(20)14-6-8-15(9-7-14)18(21)24-3/h6-9,13,16H,4-5,10-12H2,1-3H3/t16-/m1/s1. The number of methoxy groups -OCH3 is 1. The summed E-state index contributed by atoms with van der Waals surface area (Å²) in [4.78, 5) is 25.7. The molecule has 1 fully saturated rings. The van der Waals surface area contributed by atoms with E-state index in [0.717, 1.165) is 0 Å². The van der Waals surface area contributed by atoms with E-state index in [2.05, 4.69) is 4.74 Å². The lowest BCUT2D eigenvalue weighted by Gasteiger charge is -2.33. The predicted molar refractivity (Wildman–Crippen MR) is 95.3 cm³/mol. The molecule has 1 aromatic rings. The first-order valence-corrected chi connectivity index (χ1v) is 10.2. The van der Waals surface area contributed by atoms with Crippen LogP contribution in [-0.4, -0.2) is 56.4 Å². The molecule has 2 rings (SSSR count). The molecule has 0 radical (unpaired) electrons. The Hall–Kier alpha value is -1.89. The summed E-state index contributed by atoms with van der Waals surface area (Å²) in [5.74, 6) is -0.451. The predicted octanol–water partition coefficient (Wildman–Crippen LogP) is 2.15. The Kier molecular flexibility index (Phi) is 6.21. The largest absolute Gasteiger partial charge is 0.465 e. The zero-order chi connectivity index (χ0) is 18.6. The summed E-state index contributed by atoms with van der Waals surface area (Å²) in [6.45, 7) is 4.54. The molecule has 1 atom stereocenters. The summed E-state index contributed by atoms with van der Waals surface area (Å²) in [5, 5.41) is -0.498. The van der Waals surface area contributed by atoms with Gasteiger partial charge in [-0.1, -0.05) is 13.8 Å². The van der Waals surface area contributed by atoms with Gasteiger partial charge < -0.3 is 9.64 Å². The number of esters is 1. The Labute approximate surface area is 149 Å². The third-order valence-corrected chi connectivity index (χ3v) is 6.82. The van der Waals surface area contributed by atoms with Crippen molar-refractivity contribution in [2.45, 2.75) is 31.9 Å². The van der Waals surface area contributed by atoms with E-state index in [1.165, 1.54) is 19.2 Å². The van der Waals surface area contributed by atoms with Crippen LogP contribution < -0.4 is 0 Å². The van der Waals surface area contributed by atoms with Crippen LogP contribution >= 0.6 is 0 Å². The lowest BCUT2D eigenvalue weighted by Crippen LogP contribution is -2.46. The number of piperidine rings is 1. The van der Waals surface area contributed by atoms with Gasteiger partial charge in [0, 0.05) is 18.7 Å². The van der Waals surface area contributed by atoms with Gasteiger partial charge in [0.25, 0.3) is 5.91 Å². The van der Waals surface area contributed by atoms with Crippen LogP contribution in [0.5, 0.6) is 0 Å². The lowest BCUT2D eigenvalue weighted by molar-refractivity contribution is 0.0599. The summed E-state index contributed by atoms with van der Waals surface area (Å²) in [6, 6.07) is 6.22. The van der Waals surface area contributed by atoms with E-state index in [0.29, 0.717) is 30.5 Å². The molecule has 1 aliphatic rings. The highest BCUT2D eigenvalue weighted by Crippen LogP contribution is 2.21. The van der Waals surface area contributed by atoms with Gasteiger partial charge in [0.2, 0.25) is 0 Å². The van der Waals surface area contributed by atoms with Crippen molar-refractivity contribution in [1.29, 1.82) is 0 Å². The minimum Gasteiger partial charge on any atom is -0.465 e. The molecule has 1 heterocycles. The highest BCUT2D eigenvalue weighted by molar-refractivity contribution is 7.92. The summed E-state index contributed by atoms with van der Waals surface area (Å²) in [7, 11) is -1.91. The number of nitrogens with zero attached hydrogens (tertiary/aromatic N) is 1. The third-order valence-electron chi connectivity index (χ3n) is 4.29. The minimum absolute atomic E-state index is 0.0712. The maximum absolute atomic E-state index is 12.7. The minimum atomic E-state index is -3.21. The number of benzene rings is 1. The summed E-state index contributed by atoms with van der Waals surface area (Å²) >= 11 is 0. The first kappa shape index (κ1) is 19.4. The average Bonchev–Trinajstić information content (AvgIpc) is 2.59. The molecule has 0 aliphatic carbocycles. The van der Waals surface area contributed by atoms with Gasteiger partial charge >= 0.3 is 5.97 Å². The van der Waals surface area contributed by atoms with Crippen molar-refractivity contribution in [3.63, 3.8) is 0 Å². The second kappa shape index (κ2) is 7.99. The Morgan fingerprint density at radius 1 is 1.20 bits per heavy atom. The van der Waals surface area contributed by atoms with Crippen molar-refractivity contribution in [3.05, 3.63) is 35.4 Å². The molecular weight excluding hydrogens is 342 g/mol. The van der Waals surface area contributed by atoms with Gasteiger partial charge in [-0.05, 0) is 43.0 Å². The Bertz CT molecular complexity index is 724. The molecule has 6 nitrogen and oxygen atoms in total. The van der Waals surface area contributed by atoms with Crippen LogP contribution in [0.25, 0.3) is 0 Å². The monoisotopic (exact) mass is 367 g/mol. The molecule has 1 amide bonds. The van der Waals surface area contributed by atoms with E-state index in [9.17, 15) is 18.0 Å². The molecule has 1 aromatic carbocycles. The van der Waals surface area contributed by atoms with Gasteiger partial charge in [-0.15, -0.1) is 0 Å². The van der Waals surface area contributed by atoms with E-state index in [1.54, 1.807) is 17.0 Å². The molecule has 0 N–H and O–H groups in total. The van der Waals surface area contributed by atoms with Crippen LogP contribution in [-0.2, 0) is 14.6 Å². The van der Waals surface area contributed by atoms with Crippen molar-refractivity contribution < 1.29 is 22.7 Å². The molecule has 0 saturated carbocycles. The van der Waals surface area contributed by atoms with Gasteiger partial charge in [-0.25, -0.2) is 13.2 Å². The van der Waals surface area contributed by atoms with Crippen LogP contribution in [0.1, 0.15) is 47.4 Å². The highest BCUT2D eigenvalue weighted by atomic mass is 32.2. The maximum atomic E-state index is 12.7. The number of hydrogen-bond donors (Lipinski definition) is 0. The van der Waals surface area contributed by atoms with Crippen molar-refractivity contribution in [3.8, 4) is 0 Å². The number of carbonyl (C=O) groups excluding carboxylic acids is 2. The number of likely N-dealkylation sites (tertiary alicyclic amines) is 1. The highest BCUT2D eigenvalue weighted by Gasteiger charge is 2.33. The third kappa shape index (κ3) is 4.81. The molecule has 7 heteroatoms. The molecule has 0 bridgehead atoms. The van der Waals surface area contributed by atoms with Gasteiger partial charge in [0.1, 0.15) is 0 Å². The number of sulfone groups is 1. The van der Waals surface area contributed by atoms with Crippen LogP contribution in [0.4, 0.5) is 0 Å². The number of amides is 1. The second-order valence-electron chi connectivity index (χ2n) is 6.81. The molecule has 0 spiro atoms. The maximum Gasteiger partial charge on any atom is 0.337 e. The van der Waals surface area contributed by atoms with Gasteiger partial charge in [-0.3, -0.25) is 4.79 Å². The molecule has 138 valence electrons. The van der Waals surface area contributed by atoms with Crippen LogP contribution in [0.15, 0.2) is 24.3 Å². The lowest BCUT2D eigenvalue weighted by atomic mass is 10.1. The van der Waals surface area contributed by atoms with Crippen LogP contribution in [0, 0.1) is 5.92 Å². The topological polar surface area (TPSA) is 80.8 Å². The zero-order valence-corrected chi connectivity index (χ0v) is 15.7. The van der Waals surface area contributed by atoms with E-state index < -0.39 is 21.1 Å². The first-order valence-electron chi connectivity index (χ1n) is 8.44. The average molecular weight is 367 g/mol. The zero-order valence-electron chi connectivity index (χ0n) is 14.9. The fourth-order valence-corrected chi connectivity index (χ4v) is 5.20. The van der Waals surface area contributed by atoms with E-state index in [4.69, 9.17) is 0 Å². The quantitative estimate of drug-likeness (QED) is 0.745. The summed E-state index contributed by atoms with van der Waals surface area (Å²) < 4.78 is 29.6. The normalized spacial score (nSPS) is 18.2. The smallest absolute Gasteiger partial charge is 0.337 e. The summed E-state index contributed by atoms with van der Waals surface area (Å²) in [6.07, 6.45) is 1.27.